The number of pyridine rings is 1. The van der Waals surface area contributed by atoms with Crippen molar-refractivity contribution in [2.45, 2.75) is 56.8 Å². The number of nitrogens with one attached hydrogen (secondary N) is 1. The molecule has 2 aliphatic rings. The molecule has 6 heteroatoms. The third-order valence-electron chi connectivity index (χ3n) is 6.20. The number of aromatic nitrogens is 3. The molecule has 1 aliphatic carbocycles. The van der Waals surface area contributed by atoms with Crippen molar-refractivity contribution in [3.05, 3.63) is 59.7 Å². The molecule has 29 heavy (non-hydrogen) atoms. The summed E-state index contributed by atoms with van der Waals surface area (Å²) in [5, 5.41) is 7.34. The molecular weight excluding hydrogens is 364 g/mol. The molecule has 0 spiro atoms. The van der Waals surface area contributed by atoms with Crippen LogP contribution in [0.4, 0.5) is 0 Å². The van der Waals surface area contributed by atoms with Gasteiger partial charge < -0.3 is 4.90 Å². The van der Waals surface area contributed by atoms with Crippen molar-refractivity contribution in [2.75, 3.05) is 13.1 Å². The fourth-order valence-electron chi connectivity index (χ4n) is 4.02. The number of rotatable bonds is 7. The van der Waals surface area contributed by atoms with Crippen LogP contribution in [0.15, 0.2) is 37.1 Å². The number of likely N-dealkylation sites (tertiary alicyclic amines) is 1. The Kier molecular flexibility index (Phi) is 5.60. The lowest BCUT2D eigenvalue weighted by Gasteiger charge is -2.31. The highest BCUT2D eigenvalue weighted by Crippen LogP contribution is 2.39. The van der Waals surface area contributed by atoms with E-state index in [0.29, 0.717) is 18.3 Å². The molecule has 0 radical (unpaired) electrons. The SMILES string of the molecule is C=CC(=O)N1CCC(c2ccc(C(C)C(=O)Cc3cc(C4CC4)n[nH]3)cn2)CC1. The molecule has 1 unspecified atom stereocenters. The molecule has 0 bridgehead atoms. The molecule has 6 nitrogen and oxygen atoms in total. The molecule has 2 aromatic heterocycles. The van der Waals surface area contributed by atoms with Crippen LogP contribution in [0, 0.1) is 0 Å². The first kappa shape index (κ1) is 19.6. The van der Waals surface area contributed by atoms with Crippen molar-refractivity contribution in [2.24, 2.45) is 0 Å². The Hall–Kier alpha value is -2.76. The zero-order valence-electron chi connectivity index (χ0n) is 16.9. The van der Waals surface area contributed by atoms with Crippen LogP contribution in [0.3, 0.4) is 0 Å². The van der Waals surface area contributed by atoms with Crippen LogP contribution in [0.1, 0.15) is 73.0 Å². The quantitative estimate of drug-likeness (QED) is 0.732. The molecular formula is C23H28N4O2. The number of piperidine rings is 1. The van der Waals surface area contributed by atoms with Crippen molar-refractivity contribution >= 4 is 11.7 Å². The van der Waals surface area contributed by atoms with Crippen LogP contribution in [0.2, 0.25) is 0 Å². The standard InChI is InChI=1S/C23H28N4O2/c1-3-23(29)27-10-8-17(9-11-27)20-7-6-18(14-24-20)15(2)22(28)13-19-12-21(26-25-19)16-4-5-16/h3,6-7,12,14-17H,1,4-5,8-11,13H2,2H3,(H,25,26). The third kappa shape index (κ3) is 4.47. The van der Waals surface area contributed by atoms with E-state index in [4.69, 9.17) is 0 Å². The second-order valence-corrected chi connectivity index (χ2v) is 8.28. The summed E-state index contributed by atoms with van der Waals surface area (Å²) in [5.74, 6) is 0.916. The molecule has 2 aromatic rings. The summed E-state index contributed by atoms with van der Waals surface area (Å²) in [6.45, 7) is 6.97. The van der Waals surface area contributed by atoms with Gasteiger partial charge in [-0.05, 0) is 49.5 Å². The molecule has 3 heterocycles. The minimum Gasteiger partial charge on any atom is -0.339 e. The second-order valence-electron chi connectivity index (χ2n) is 8.28. The minimum absolute atomic E-state index is 0.000568. The predicted molar refractivity (Wildman–Crippen MR) is 111 cm³/mol. The Morgan fingerprint density at radius 2 is 1.93 bits per heavy atom. The number of Topliss-reactive ketones (excluding diaryl/α,β-unsaturated/α-hetero) is 1. The van der Waals surface area contributed by atoms with Crippen LogP contribution in [0.5, 0.6) is 0 Å². The van der Waals surface area contributed by atoms with Gasteiger partial charge in [0.2, 0.25) is 5.91 Å². The first-order valence-electron chi connectivity index (χ1n) is 10.5. The van der Waals surface area contributed by atoms with Gasteiger partial charge in [-0.3, -0.25) is 19.7 Å². The average molecular weight is 393 g/mol. The van der Waals surface area contributed by atoms with Gasteiger partial charge in [-0.15, -0.1) is 0 Å². The van der Waals surface area contributed by atoms with E-state index in [-0.39, 0.29) is 17.6 Å². The summed E-state index contributed by atoms with van der Waals surface area (Å²) >= 11 is 0. The summed E-state index contributed by atoms with van der Waals surface area (Å²) in [4.78, 5) is 30.9. The van der Waals surface area contributed by atoms with E-state index in [1.807, 2.05) is 36.2 Å². The van der Waals surface area contributed by atoms with E-state index in [0.717, 1.165) is 48.6 Å². The Morgan fingerprint density at radius 1 is 1.21 bits per heavy atom. The second kappa shape index (κ2) is 8.31. The van der Waals surface area contributed by atoms with Gasteiger partial charge in [0.1, 0.15) is 5.78 Å². The van der Waals surface area contributed by atoms with E-state index in [1.165, 1.54) is 18.9 Å². The summed E-state index contributed by atoms with van der Waals surface area (Å²) in [6.07, 6.45) is 7.81. The van der Waals surface area contributed by atoms with Crippen LogP contribution in [-0.4, -0.2) is 44.9 Å². The Labute approximate surface area is 171 Å². The monoisotopic (exact) mass is 392 g/mol. The van der Waals surface area contributed by atoms with Gasteiger partial charge in [-0.25, -0.2) is 0 Å². The molecule has 0 aromatic carbocycles. The largest absolute Gasteiger partial charge is 0.339 e. The summed E-state index contributed by atoms with van der Waals surface area (Å²) < 4.78 is 0. The lowest BCUT2D eigenvalue weighted by Crippen LogP contribution is -2.36. The summed E-state index contributed by atoms with van der Waals surface area (Å²) in [7, 11) is 0. The maximum Gasteiger partial charge on any atom is 0.245 e. The molecule has 1 amide bonds. The number of nitrogens with zero attached hydrogens (tertiary/aromatic N) is 3. The van der Waals surface area contributed by atoms with Crippen molar-refractivity contribution in [3.63, 3.8) is 0 Å². The molecule has 1 atom stereocenters. The number of carbonyl (C=O) groups is 2. The lowest BCUT2D eigenvalue weighted by molar-refractivity contribution is -0.127. The summed E-state index contributed by atoms with van der Waals surface area (Å²) in [6, 6.07) is 6.10. The molecule has 2 fully saturated rings. The average Bonchev–Trinajstić information content (AvgIpc) is 3.52. The molecule has 1 N–H and O–H groups in total. The van der Waals surface area contributed by atoms with Crippen LogP contribution >= 0.6 is 0 Å². The number of amides is 1. The maximum atomic E-state index is 12.7. The highest BCUT2D eigenvalue weighted by Gasteiger charge is 2.27. The third-order valence-corrected chi connectivity index (χ3v) is 6.20. The predicted octanol–water partition coefficient (Wildman–Crippen LogP) is 3.49. The van der Waals surface area contributed by atoms with Gasteiger partial charge in [-0.2, -0.15) is 5.10 Å². The Balaban J connectivity index is 1.33. The highest BCUT2D eigenvalue weighted by atomic mass is 16.2. The van der Waals surface area contributed by atoms with E-state index in [9.17, 15) is 9.59 Å². The van der Waals surface area contributed by atoms with Gasteiger partial charge in [0.15, 0.2) is 0 Å². The number of hydrogen-bond acceptors (Lipinski definition) is 4. The topological polar surface area (TPSA) is 79.0 Å². The van der Waals surface area contributed by atoms with Gasteiger partial charge in [-0.1, -0.05) is 19.6 Å². The summed E-state index contributed by atoms with van der Waals surface area (Å²) in [5.41, 5.74) is 3.98. The normalized spacial score (nSPS) is 18.4. The molecule has 1 aliphatic heterocycles. The van der Waals surface area contributed by atoms with Crippen molar-refractivity contribution in [1.82, 2.24) is 20.1 Å². The highest BCUT2D eigenvalue weighted by molar-refractivity contribution is 5.87. The number of H-pyrrole nitrogens is 1. The lowest BCUT2D eigenvalue weighted by atomic mass is 9.91. The number of aromatic amines is 1. The van der Waals surface area contributed by atoms with E-state index < -0.39 is 0 Å². The molecule has 1 saturated carbocycles. The Bertz CT molecular complexity index is 890. The van der Waals surface area contributed by atoms with E-state index in [2.05, 4.69) is 21.8 Å². The zero-order valence-corrected chi connectivity index (χ0v) is 16.9. The fraction of sp³-hybridized carbons (Fsp3) is 0.478. The van der Waals surface area contributed by atoms with Crippen LogP contribution < -0.4 is 0 Å². The maximum absolute atomic E-state index is 12.7. The van der Waals surface area contributed by atoms with E-state index >= 15 is 0 Å². The Morgan fingerprint density at radius 3 is 2.55 bits per heavy atom. The van der Waals surface area contributed by atoms with E-state index in [1.54, 1.807) is 0 Å². The first-order chi connectivity index (χ1) is 14.0. The van der Waals surface area contributed by atoms with Gasteiger partial charge in [0, 0.05) is 54.8 Å². The van der Waals surface area contributed by atoms with Crippen LogP contribution in [-0.2, 0) is 16.0 Å². The zero-order chi connectivity index (χ0) is 20.4. The fourth-order valence-corrected chi connectivity index (χ4v) is 4.02. The van der Waals surface area contributed by atoms with Crippen molar-refractivity contribution in [1.29, 1.82) is 0 Å². The van der Waals surface area contributed by atoms with Gasteiger partial charge in [0.25, 0.3) is 0 Å². The van der Waals surface area contributed by atoms with Crippen molar-refractivity contribution in [3.8, 4) is 0 Å². The smallest absolute Gasteiger partial charge is 0.245 e. The number of hydrogen-bond donors (Lipinski definition) is 1. The number of carbonyl (C=O) groups excluding carboxylic acids is 2. The molecule has 152 valence electrons. The van der Waals surface area contributed by atoms with Gasteiger partial charge in [0.05, 0.1) is 5.69 Å². The molecule has 4 rings (SSSR count). The minimum atomic E-state index is -0.198. The molecule has 1 saturated heterocycles. The van der Waals surface area contributed by atoms with Crippen LogP contribution in [0.25, 0.3) is 0 Å². The van der Waals surface area contributed by atoms with Crippen molar-refractivity contribution < 1.29 is 9.59 Å². The number of ketones is 1. The first-order valence-corrected chi connectivity index (χ1v) is 10.5. The van der Waals surface area contributed by atoms with Gasteiger partial charge >= 0.3 is 0 Å².